The number of alkyl halides is 3. The van der Waals surface area contributed by atoms with Crippen LogP contribution in [0, 0.1) is 0 Å². The Kier molecular flexibility index (Phi) is 4.29. The monoisotopic (exact) mass is 365 g/mol. The van der Waals surface area contributed by atoms with E-state index in [1.54, 1.807) is 6.20 Å². The van der Waals surface area contributed by atoms with E-state index in [4.69, 9.17) is 0 Å². The van der Waals surface area contributed by atoms with Gasteiger partial charge in [-0.25, -0.2) is 13.1 Å². The maximum absolute atomic E-state index is 12.2. The third-order valence-corrected chi connectivity index (χ3v) is 5.37. The van der Waals surface area contributed by atoms with E-state index in [0.717, 1.165) is 4.31 Å². The molecule has 2 aromatic rings. The van der Waals surface area contributed by atoms with Crippen LogP contribution in [0.4, 0.5) is 13.2 Å². The van der Waals surface area contributed by atoms with Crippen LogP contribution in [0.15, 0.2) is 18.6 Å². The van der Waals surface area contributed by atoms with Crippen molar-refractivity contribution < 1.29 is 21.6 Å². The predicted molar refractivity (Wildman–Crippen MR) is 74.2 cm³/mol. The van der Waals surface area contributed by atoms with Gasteiger partial charge in [-0.1, -0.05) is 5.21 Å². The maximum Gasteiger partial charge on any atom is 0.390 e. The van der Waals surface area contributed by atoms with E-state index in [1.165, 1.54) is 21.9 Å². The Morgan fingerprint density at radius 2 is 1.88 bits per heavy atom. The second-order valence-corrected chi connectivity index (χ2v) is 7.49. The minimum atomic E-state index is -4.49. The van der Waals surface area contributed by atoms with Gasteiger partial charge in [-0.2, -0.15) is 32.5 Å². The quantitative estimate of drug-likeness (QED) is 0.718. The molecule has 0 radical (unpaired) electrons. The third kappa shape index (κ3) is 3.90. The highest BCUT2D eigenvalue weighted by molar-refractivity contribution is 7.89. The summed E-state index contributed by atoms with van der Waals surface area (Å²) in [6, 6.07) is -0.238. The molecule has 1 saturated heterocycles. The SMILES string of the molecule is O=S(=O)(CCC(F)(F)F)N1CC(n2cc(Cn3nccn3)nn2)C1. The van der Waals surface area contributed by atoms with Gasteiger partial charge >= 0.3 is 6.18 Å². The molecular weight excluding hydrogens is 351 g/mol. The molecule has 1 aliphatic heterocycles. The number of sulfonamides is 1. The number of aromatic nitrogens is 6. The van der Waals surface area contributed by atoms with Crippen molar-refractivity contribution in [2.24, 2.45) is 0 Å². The molecule has 2 aromatic heterocycles. The van der Waals surface area contributed by atoms with Gasteiger partial charge in [0.25, 0.3) is 0 Å². The van der Waals surface area contributed by atoms with Crippen molar-refractivity contribution in [2.45, 2.75) is 25.2 Å². The van der Waals surface area contributed by atoms with Gasteiger partial charge < -0.3 is 0 Å². The van der Waals surface area contributed by atoms with Crippen molar-refractivity contribution in [3.8, 4) is 0 Å². The molecule has 24 heavy (non-hydrogen) atoms. The summed E-state index contributed by atoms with van der Waals surface area (Å²) in [5.41, 5.74) is 0.601. The summed E-state index contributed by atoms with van der Waals surface area (Å²) in [5.74, 6) is -0.934. The summed E-state index contributed by atoms with van der Waals surface area (Å²) < 4.78 is 62.6. The van der Waals surface area contributed by atoms with Crippen LogP contribution in [0.2, 0.25) is 0 Å². The lowest BCUT2D eigenvalue weighted by atomic mass is 10.2. The lowest BCUT2D eigenvalue weighted by Crippen LogP contribution is -2.51. The number of halogens is 3. The Bertz CT molecular complexity index is 781. The summed E-state index contributed by atoms with van der Waals surface area (Å²) >= 11 is 0. The van der Waals surface area contributed by atoms with Crippen LogP contribution in [0.3, 0.4) is 0 Å². The highest BCUT2D eigenvalue weighted by atomic mass is 32.2. The number of hydrogen-bond acceptors (Lipinski definition) is 6. The highest BCUT2D eigenvalue weighted by Crippen LogP contribution is 2.27. The van der Waals surface area contributed by atoms with Crippen molar-refractivity contribution in [1.82, 2.24) is 34.3 Å². The van der Waals surface area contributed by atoms with Crippen molar-refractivity contribution >= 4 is 10.0 Å². The van der Waals surface area contributed by atoms with Crippen molar-refractivity contribution in [3.05, 3.63) is 24.3 Å². The number of hydrogen-bond donors (Lipinski definition) is 0. The average molecular weight is 365 g/mol. The van der Waals surface area contributed by atoms with E-state index < -0.39 is 28.4 Å². The largest absolute Gasteiger partial charge is 0.390 e. The molecule has 0 amide bonds. The Labute approximate surface area is 135 Å². The molecule has 9 nitrogen and oxygen atoms in total. The maximum atomic E-state index is 12.2. The fraction of sp³-hybridized carbons (Fsp3) is 0.636. The van der Waals surface area contributed by atoms with Gasteiger partial charge in [0, 0.05) is 13.1 Å². The molecule has 0 saturated carbocycles. The predicted octanol–water partition coefficient (Wildman–Crippen LogP) is 0.0568. The zero-order valence-electron chi connectivity index (χ0n) is 12.3. The Balaban J connectivity index is 1.54. The van der Waals surface area contributed by atoms with E-state index >= 15 is 0 Å². The normalized spacial score (nSPS) is 17.1. The lowest BCUT2D eigenvalue weighted by molar-refractivity contribution is -0.130. The molecule has 1 aliphatic rings. The minimum absolute atomic E-state index is 0.0863. The van der Waals surface area contributed by atoms with E-state index in [0.29, 0.717) is 12.2 Å². The van der Waals surface area contributed by atoms with Crippen LogP contribution in [-0.2, 0) is 16.6 Å². The molecule has 0 unspecified atom stereocenters. The topological polar surface area (TPSA) is 98.8 Å². The first-order valence-electron chi connectivity index (χ1n) is 7.02. The molecule has 3 rings (SSSR count). The molecule has 132 valence electrons. The second kappa shape index (κ2) is 6.12. The molecular formula is C11H14F3N7O2S. The summed E-state index contributed by atoms with van der Waals surface area (Å²) in [4.78, 5) is 1.42. The fourth-order valence-electron chi connectivity index (χ4n) is 2.22. The first kappa shape index (κ1) is 16.8. The molecule has 0 spiro atoms. The zero-order valence-corrected chi connectivity index (χ0v) is 13.2. The smallest absolute Gasteiger partial charge is 0.246 e. The fourth-order valence-corrected chi connectivity index (χ4v) is 3.77. The molecule has 1 fully saturated rings. The molecule has 13 heteroatoms. The van der Waals surface area contributed by atoms with E-state index in [9.17, 15) is 21.6 Å². The first-order valence-corrected chi connectivity index (χ1v) is 8.63. The Morgan fingerprint density at radius 1 is 1.21 bits per heavy atom. The van der Waals surface area contributed by atoms with Crippen LogP contribution >= 0.6 is 0 Å². The van der Waals surface area contributed by atoms with Gasteiger partial charge in [-0.3, -0.25) is 0 Å². The first-order chi connectivity index (χ1) is 11.2. The van der Waals surface area contributed by atoms with E-state index in [1.807, 2.05) is 0 Å². The van der Waals surface area contributed by atoms with Crippen LogP contribution in [0.1, 0.15) is 18.2 Å². The van der Waals surface area contributed by atoms with Gasteiger partial charge in [-0.15, -0.1) is 5.10 Å². The summed E-state index contributed by atoms with van der Waals surface area (Å²) in [7, 11) is -3.90. The summed E-state index contributed by atoms with van der Waals surface area (Å²) in [5, 5.41) is 15.7. The zero-order chi connectivity index (χ0) is 17.4. The molecule has 0 aliphatic carbocycles. The molecule has 0 atom stereocenters. The third-order valence-electron chi connectivity index (χ3n) is 3.57. The lowest BCUT2D eigenvalue weighted by Gasteiger charge is -2.37. The summed E-state index contributed by atoms with van der Waals surface area (Å²) in [6.45, 7) is 0.499. The van der Waals surface area contributed by atoms with Gasteiger partial charge in [-0.05, 0) is 0 Å². The van der Waals surface area contributed by atoms with Gasteiger partial charge in [0.2, 0.25) is 10.0 Å². The molecule has 3 heterocycles. The van der Waals surface area contributed by atoms with E-state index in [-0.39, 0.29) is 19.1 Å². The summed E-state index contributed by atoms with van der Waals surface area (Å²) in [6.07, 6.45) is -1.13. The standard InChI is InChI=1S/C11H14F3N7O2S/c12-11(13,14)1-4-24(22,23)19-7-10(8-19)20-5-9(17-18-20)6-21-15-2-3-16-21/h2-3,5,10H,1,4,6-8H2. The van der Waals surface area contributed by atoms with Crippen LogP contribution < -0.4 is 0 Å². The Hall–Kier alpha value is -2.02. The number of nitrogens with zero attached hydrogens (tertiary/aromatic N) is 7. The van der Waals surface area contributed by atoms with Gasteiger partial charge in [0.1, 0.15) is 12.2 Å². The molecule has 0 aromatic carbocycles. The minimum Gasteiger partial charge on any atom is -0.246 e. The average Bonchev–Trinajstić information content (AvgIpc) is 3.07. The molecule has 0 bridgehead atoms. The molecule has 0 N–H and O–H groups in total. The second-order valence-electron chi connectivity index (χ2n) is 5.40. The van der Waals surface area contributed by atoms with Gasteiger partial charge in [0.15, 0.2) is 0 Å². The highest BCUT2D eigenvalue weighted by Gasteiger charge is 2.39. The van der Waals surface area contributed by atoms with Crippen LogP contribution in [-0.4, -0.2) is 67.7 Å². The van der Waals surface area contributed by atoms with Crippen molar-refractivity contribution in [1.29, 1.82) is 0 Å². The van der Waals surface area contributed by atoms with Gasteiger partial charge in [0.05, 0.1) is 36.8 Å². The Morgan fingerprint density at radius 3 is 2.50 bits per heavy atom. The van der Waals surface area contributed by atoms with Crippen molar-refractivity contribution in [3.63, 3.8) is 0 Å². The van der Waals surface area contributed by atoms with E-state index in [2.05, 4.69) is 20.5 Å². The van der Waals surface area contributed by atoms with Crippen molar-refractivity contribution in [2.75, 3.05) is 18.8 Å². The number of rotatable bonds is 6. The van der Waals surface area contributed by atoms with Crippen LogP contribution in [0.5, 0.6) is 0 Å². The van der Waals surface area contributed by atoms with Crippen LogP contribution in [0.25, 0.3) is 0 Å².